The average molecular weight is 246 g/mol. The van der Waals surface area contributed by atoms with Gasteiger partial charge in [0.2, 0.25) is 0 Å². The van der Waals surface area contributed by atoms with E-state index in [0.717, 1.165) is 13.1 Å². The molecule has 1 aliphatic rings. The monoisotopic (exact) mass is 246 g/mol. The van der Waals surface area contributed by atoms with Crippen molar-refractivity contribution < 1.29 is 0 Å². The Morgan fingerprint density at radius 3 is 2.56 bits per heavy atom. The summed E-state index contributed by atoms with van der Waals surface area (Å²) in [6, 6.07) is 10.8. The Balaban J connectivity index is 2.19. The molecule has 3 atom stereocenters. The third-order valence-corrected chi connectivity index (χ3v) is 4.06. The van der Waals surface area contributed by atoms with Crippen molar-refractivity contribution in [3.63, 3.8) is 0 Å². The van der Waals surface area contributed by atoms with Crippen molar-refractivity contribution in [1.29, 1.82) is 0 Å². The molecule has 0 aromatic heterocycles. The zero-order chi connectivity index (χ0) is 13.1. The summed E-state index contributed by atoms with van der Waals surface area (Å²) in [5, 5.41) is 3.56. The summed E-state index contributed by atoms with van der Waals surface area (Å²) in [6.07, 6.45) is 1.18. The summed E-state index contributed by atoms with van der Waals surface area (Å²) < 4.78 is 0. The van der Waals surface area contributed by atoms with Crippen molar-refractivity contribution in [2.45, 2.75) is 52.2 Å². The summed E-state index contributed by atoms with van der Waals surface area (Å²) in [7, 11) is 0. The molecule has 100 valence electrons. The van der Waals surface area contributed by atoms with Gasteiger partial charge >= 0.3 is 0 Å². The van der Waals surface area contributed by atoms with E-state index < -0.39 is 0 Å². The zero-order valence-electron chi connectivity index (χ0n) is 12.1. The summed E-state index contributed by atoms with van der Waals surface area (Å²) in [5.41, 5.74) is 2.80. The highest BCUT2D eigenvalue weighted by Gasteiger charge is 2.28. The van der Waals surface area contributed by atoms with E-state index in [0.29, 0.717) is 18.1 Å². The molecule has 2 nitrogen and oxygen atoms in total. The molecule has 1 aromatic carbocycles. The Morgan fingerprint density at radius 2 is 1.94 bits per heavy atom. The van der Waals surface area contributed by atoms with Crippen molar-refractivity contribution in [3.05, 3.63) is 35.4 Å². The van der Waals surface area contributed by atoms with Crippen LogP contribution in [0.3, 0.4) is 0 Å². The molecule has 3 unspecified atom stereocenters. The summed E-state index contributed by atoms with van der Waals surface area (Å²) >= 11 is 0. The second kappa shape index (κ2) is 5.85. The van der Waals surface area contributed by atoms with Gasteiger partial charge in [0.1, 0.15) is 0 Å². The van der Waals surface area contributed by atoms with Crippen LogP contribution in [0.2, 0.25) is 0 Å². The topological polar surface area (TPSA) is 15.3 Å². The van der Waals surface area contributed by atoms with Crippen molar-refractivity contribution >= 4 is 0 Å². The first-order chi connectivity index (χ1) is 8.61. The van der Waals surface area contributed by atoms with E-state index in [1.54, 1.807) is 0 Å². The van der Waals surface area contributed by atoms with E-state index >= 15 is 0 Å². The number of rotatable bonds is 3. The van der Waals surface area contributed by atoms with Gasteiger partial charge in [-0.1, -0.05) is 36.8 Å². The number of hydrogen-bond donors (Lipinski definition) is 1. The average Bonchev–Trinajstić information content (AvgIpc) is 2.37. The Kier molecular flexibility index (Phi) is 4.41. The first-order valence-corrected chi connectivity index (χ1v) is 7.17. The number of benzene rings is 1. The van der Waals surface area contributed by atoms with E-state index in [1.807, 2.05) is 0 Å². The Labute approximate surface area is 111 Å². The third-order valence-electron chi connectivity index (χ3n) is 4.06. The van der Waals surface area contributed by atoms with Crippen LogP contribution in [0.5, 0.6) is 0 Å². The predicted octanol–water partition coefficient (Wildman–Crippen LogP) is 3.13. The normalized spacial score (nSPS) is 27.1. The SMILES string of the molecule is CCC(c1ccc(C)cc1)N1CC(C)NCC1C. The molecule has 1 aromatic rings. The molecule has 1 heterocycles. The second-order valence-electron chi connectivity index (χ2n) is 5.69. The van der Waals surface area contributed by atoms with Gasteiger partial charge in [-0.3, -0.25) is 4.90 Å². The van der Waals surface area contributed by atoms with Crippen molar-refractivity contribution in [2.24, 2.45) is 0 Å². The molecule has 0 radical (unpaired) electrons. The van der Waals surface area contributed by atoms with Gasteiger partial charge in [0, 0.05) is 31.2 Å². The maximum Gasteiger partial charge on any atom is 0.0349 e. The van der Waals surface area contributed by atoms with Crippen LogP contribution < -0.4 is 5.32 Å². The first-order valence-electron chi connectivity index (χ1n) is 7.17. The van der Waals surface area contributed by atoms with Gasteiger partial charge < -0.3 is 5.32 Å². The third kappa shape index (κ3) is 2.93. The highest BCUT2D eigenvalue weighted by molar-refractivity contribution is 5.24. The van der Waals surface area contributed by atoms with Gasteiger partial charge in [-0.05, 0) is 32.8 Å². The molecular formula is C16H26N2. The zero-order valence-corrected chi connectivity index (χ0v) is 12.1. The smallest absolute Gasteiger partial charge is 0.0349 e. The lowest BCUT2D eigenvalue weighted by Gasteiger charge is -2.42. The Hall–Kier alpha value is -0.860. The van der Waals surface area contributed by atoms with Gasteiger partial charge in [0.05, 0.1) is 0 Å². The van der Waals surface area contributed by atoms with Gasteiger partial charge in [-0.25, -0.2) is 0 Å². The van der Waals surface area contributed by atoms with Gasteiger partial charge in [0.25, 0.3) is 0 Å². The van der Waals surface area contributed by atoms with E-state index in [9.17, 15) is 0 Å². The quantitative estimate of drug-likeness (QED) is 0.881. The van der Waals surface area contributed by atoms with Crippen LogP contribution in [0.1, 0.15) is 44.4 Å². The fourth-order valence-electron chi connectivity index (χ4n) is 2.93. The largest absolute Gasteiger partial charge is 0.311 e. The highest BCUT2D eigenvalue weighted by atomic mass is 15.2. The van der Waals surface area contributed by atoms with E-state index in [4.69, 9.17) is 0 Å². The fraction of sp³-hybridized carbons (Fsp3) is 0.625. The van der Waals surface area contributed by atoms with Crippen LogP contribution in [0, 0.1) is 6.92 Å². The molecule has 18 heavy (non-hydrogen) atoms. The molecule has 1 saturated heterocycles. The summed E-state index contributed by atoms with van der Waals surface area (Å²) in [5.74, 6) is 0. The Morgan fingerprint density at radius 1 is 1.28 bits per heavy atom. The maximum atomic E-state index is 3.56. The molecule has 0 spiro atoms. The van der Waals surface area contributed by atoms with Crippen LogP contribution in [0.25, 0.3) is 0 Å². The van der Waals surface area contributed by atoms with Crippen LogP contribution in [-0.4, -0.2) is 30.1 Å². The van der Waals surface area contributed by atoms with E-state index in [2.05, 4.69) is 62.2 Å². The molecule has 1 aliphatic heterocycles. The lowest BCUT2D eigenvalue weighted by Crippen LogP contribution is -2.55. The Bertz CT molecular complexity index is 371. The van der Waals surface area contributed by atoms with Crippen LogP contribution in [-0.2, 0) is 0 Å². The lowest BCUT2D eigenvalue weighted by molar-refractivity contribution is 0.0921. The molecule has 0 saturated carbocycles. The fourth-order valence-corrected chi connectivity index (χ4v) is 2.93. The molecular weight excluding hydrogens is 220 g/mol. The summed E-state index contributed by atoms with van der Waals surface area (Å²) in [6.45, 7) is 11.3. The molecule has 0 aliphatic carbocycles. The second-order valence-corrected chi connectivity index (χ2v) is 5.69. The van der Waals surface area contributed by atoms with E-state index in [1.165, 1.54) is 17.5 Å². The standard InChI is InChI=1S/C16H26N2/c1-5-16(15-8-6-12(2)7-9-15)18-11-13(3)17-10-14(18)4/h6-9,13-14,16-17H,5,10-11H2,1-4H3. The molecule has 0 amide bonds. The predicted molar refractivity (Wildman–Crippen MR) is 77.8 cm³/mol. The molecule has 0 bridgehead atoms. The van der Waals surface area contributed by atoms with Gasteiger partial charge in [-0.15, -0.1) is 0 Å². The lowest BCUT2D eigenvalue weighted by atomic mass is 9.98. The highest BCUT2D eigenvalue weighted by Crippen LogP contribution is 2.27. The van der Waals surface area contributed by atoms with Crippen molar-refractivity contribution in [3.8, 4) is 0 Å². The van der Waals surface area contributed by atoms with Crippen LogP contribution >= 0.6 is 0 Å². The van der Waals surface area contributed by atoms with E-state index in [-0.39, 0.29) is 0 Å². The minimum Gasteiger partial charge on any atom is -0.311 e. The van der Waals surface area contributed by atoms with Crippen molar-refractivity contribution in [1.82, 2.24) is 10.2 Å². The summed E-state index contributed by atoms with van der Waals surface area (Å²) in [4.78, 5) is 2.66. The van der Waals surface area contributed by atoms with Gasteiger partial charge in [-0.2, -0.15) is 0 Å². The number of nitrogens with one attached hydrogen (secondary N) is 1. The van der Waals surface area contributed by atoms with Crippen LogP contribution in [0.15, 0.2) is 24.3 Å². The number of hydrogen-bond acceptors (Lipinski definition) is 2. The number of nitrogens with zero attached hydrogens (tertiary/aromatic N) is 1. The maximum absolute atomic E-state index is 3.56. The molecule has 2 heteroatoms. The minimum atomic E-state index is 0.560. The molecule has 1 N–H and O–H groups in total. The van der Waals surface area contributed by atoms with Gasteiger partial charge in [0.15, 0.2) is 0 Å². The first kappa shape index (κ1) is 13.6. The van der Waals surface area contributed by atoms with Crippen molar-refractivity contribution in [2.75, 3.05) is 13.1 Å². The molecule has 2 rings (SSSR count). The number of aryl methyl sites for hydroxylation is 1. The van der Waals surface area contributed by atoms with Crippen LogP contribution in [0.4, 0.5) is 0 Å². The number of piperazine rings is 1. The molecule has 1 fully saturated rings. The minimum absolute atomic E-state index is 0.560.